The van der Waals surface area contributed by atoms with Crippen molar-refractivity contribution in [2.75, 3.05) is 12.4 Å². The Morgan fingerprint density at radius 1 is 1.45 bits per heavy atom. The van der Waals surface area contributed by atoms with E-state index < -0.39 is 0 Å². The number of hydrogen-bond donors (Lipinski definition) is 1. The summed E-state index contributed by atoms with van der Waals surface area (Å²) in [7, 11) is 1.63. The van der Waals surface area contributed by atoms with Crippen molar-refractivity contribution in [3.05, 3.63) is 29.6 Å². The Labute approximate surface area is 119 Å². The van der Waals surface area contributed by atoms with Gasteiger partial charge in [0.25, 0.3) is 0 Å². The van der Waals surface area contributed by atoms with Crippen molar-refractivity contribution in [3.8, 4) is 17.0 Å². The van der Waals surface area contributed by atoms with Gasteiger partial charge in [0.2, 0.25) is 16.8 Å². The Kier molecular flexibility index (Phi) is 3.11. The van der Waals surface area contributed by atoms with Crippen molar-refractivity contribution in [2.24, 2.45) is 0 Å². The van der Waals surface area contributed by atoms with Crippen LogP contribution in [0.3, 0.4) is 0 Å². The average Bonchev–Trinajstić information content (AvgIpc) is 2.97. The Bertz CT molecular complexity index is 778. The number of aromatic nitrogens is 3. The van der Waals surface area contributed by atoms with Crippen molar-refractivity contribution in [2.45, 2.75) is 6.92 Å². The number of carbonyl (C=O) groups excluding carboxylic acids is 1. The van der Waals surface area contributed by atoms with Crippen LogP contribution in [0.2, 0.25) is 0 Å². The van der Waals surface area contributed by atoms with Gasteiger partial charge in [-0.3, -0.25) is 10.1 Å². The standard InChI is InChI=1S/C13H12N4O2S/c1-8(18)14-12-15-13-17(16-12)11(7-20-13)9-4-3-5-10(6-9)19-2/h3-7H,1-2H3,(H,14,16,18). The third-order valence-electron chi connectivity index (χ3n) is 2.73. The Balaban J connectivity index is 2.06. The molecule has 0 aliphatic carbocycles. The average molecular weight is 288 g/mol. The van der Waals surface area contributed by atoms with Crippen molar-refractivity contribution < 1.29 is 9.53 Å². The monoisotopic (exact) mass is 288 g/mol. The van der Waals surface area contributed by atoms with Crippen LogP contribution in [0.25, 0.3) is 16.2 Å². The van der Waals surface area contributed by atoms with Gasteiger partial charge in [-0.2, -0.15) is 4.98 Å². The largest absolute Gasteiger partial charge is 0.497 e. The zero-order valence-corrected chi connectivity index (χ0v) is 11.8. The van der Waals surface area contributed by atoms with E-state index in [9.17, 15) is 4.79 Å². The highest BCUT2D eigenvalue weighted by Gasteiger charge is 2.12. The molecule has 0 fully saturated rings. The van der Waals surface area contributed by atoms with Crippen LogP contribution < -0.4 is 10.1 Å². The Morgan fingerprint density at radius 3 is 3.05 bits per heavy atom. The Hall–Kier alpha value is -2.41. The lowest BCUT2D eigenvalue weighted by atomic mass is 10.2. The third kappa shape index (κ3) is 2.23. The minimum Gasteiger partial charge on any atom is -0.497 e. The van der Waals surface area contributed by atoms with Crippen LogP contribution in [-0.2, 0) is 4.79 Å². The summed E-state index contributed by atoms with van der Waals surface area (Å²) in [5, 5.41) is 8.84. The van der Waals surface area contributed by atoms with Crippen LogP contribution in [0.5, 0.6) is 5.75 Å². The molecule has 1 amide bonds. The van der Waals surface area contributed by atoms with Gasteiger partial charge < -0.3 is 4.74 Å². The molecule has 0 spiro atoms. The molecule has 0 bridgehead atoms. The van der Waals surface area contributed by atoms with Gasteiger partial charge in [-0.15, -0.1) is 16.4 Å². The fraction of sp³-hybridized carbons (Fsp3) is 0.154. The molecule has 2 aromatic heterocycles. The number of rotatable bonds is 3. The van der Waals surface area contributed by atoms with E-state index in [1.165, 1.54) is 18.3 Å². The van der Waals surface area contributed by atoms with E-state index in [0.717, 1.165) is 22.0 Å². The number of nitrogens with zero attached hydrogens (tertiary/aromatic N) is 3. The van der Waals surface area contributed by atoms with Crippen LogP contribution in [-0.4, -0.2) is 27.6 Å². The fourth-order valence-corrected chi connectivity index (χ4v) is 2.70. The first-order chi connectivity index (χ1) is 9.67. The lowest BCUT2D eigenvalue weighted by molar-refractivity contribution is -0.114. The molecule has 6 nitrogen and oxygen atoms in total. The molecule has 1 aromatic carbocycles. The van der Waals surface area contributed by atoms with E-state index in [-0.39, 0.29) is 5.91 Å². The molecule has 20 heavy (non-hydrogen) atoms. The zero-order valence-electron chi connectivity index (χ0n) is 11.0. The van der Waals surface area contributed by atoms with Crippen molar-refractivity contribution in [3.63, 3.8) is 0 Å². The fourth-order valence-electron chi connectivity index (χ4n) is 1.87. The van der Waals surface area contributed by atoms with E-state index >= 15 is 0 Å². The Morgan fingerprint density at radius 2 is 2.30 bits per heavy atom. The van der Waals surface area contributed by atoms with Gasteiger partial charge in [0.05, 0.1) is 12.8 Å². The number of methoxy groups -OCH3 is 1. The predicted octanol–water partition coefficient (Wildman–Crippen LogP) is 2.42. The van der Waals surface area contributed by atoms with E-state index in [4.69, 9.17) is 4.74 Å². The van der Waals surface area contributed by atoms with Crippen molar-refractivity contribution in [1.82, 2.24) is 14.6 Å². The minimum absolute atomic E-state index is 0.189. The molecule has 3 aromatic rings. The van der Waals surface area contributed by atoms with Crippen molar-refractivity contribution in [1.29, 1.82) is 0 Å². The molecule has 1 N–H and O–H groups in total. The highest BCUT2D eigenvalue weighted by atomic mass is 32.1. The summed E-state index contributed by atoms with van der Waals surface area (Å²) in [6, 6.07) is 7.71. The summed E-state index contributed by atoms with van der Waals surface area (Å²) >= 11 is 1.47. The number of carbonyl (C=O) groups is 1. The summed E-state index contributed by atoms with van der Waals surface area (Å²) in [6.45, 7) is 1.43. The molecule has 0 radical (unpaired) electrons. The normalized spacial score (nSPS) is 10.7. The van der Waals surface area contributed by atoms with Gasteiger partial charge in [-0.25, -0.2) is 4.52 Å². The van der Waals surface area contributed by atoms with Crippen LogP contribution in [0.1, 0.15) is 6.92 Å². The van der Waals surface area contributed by atoms with Gasteiger partial charge >= 0.3 is 0 Å². The number of thiazole rings is 1. The van der Waals surface area contributed by atoms with E-state index in [0.29, 0.717) is 5.95 Å². The van der Waals surface area contributed by atoms with Gasteiger partial charge in [-0.1, -0.05) is 12.1 Å². The summed E-state index contributed by atoms with van der Waals surface area (Å²) in [5.41, 5.74) is 1.89. The van der Waals surface area contributed by atoms with Crippen molar-refractivity contribution >= 4 is 28.2 Å². The maximum absolute atomic E-state index is 11.0. The minimum atomic E-state index is -0.189. The molecule has 0 aliphatic heterocycles. The van der Waals surface area contributed by atoms with Crippen LogP contribution in [0.15, 0.2) is 29.6 Å². The first-order valence-corrected chi connectivity index (χ1v) is 6.81. The predicted molar refractivity (Wildman–Crippen MR) is 77.2 cm³/mol. The summed E-state index contributed by atoms with van der Waals surface area (Å²) in [5.74, 6) is 0.906. The SMILES string of the molecule is COc1cccc(-c2csc3nc(NC(C)=O)nn23)c1. The van der Waals surface area contributed by atoms with Crippen LogP contribution >= 0.6 is 11.3 Å². The number of anilines is 1. The number of nitrogens with one attached hydrogen (secondary N) is 1. The zero-order chi connectivity index (χ0) is 14.1. The maximum Gasteiger partial charge on any atom is 0.250 e. The number of amides is 1. The first-order valence-electron chi connectivity index (χ1n) is 5.93. The molecule has 0 unspecified atom stereocenters. The van der Waals surface area contributed by atoms with Gasteiger partial charge in [0, 0.05) is 17.9 Å². The van der Waals surface area contributed by atoms with E-state index in [1.54, 1.807) is 11.6 Å². The summed E-state index contributed by atoms with van der Waals surface area (Å²) < 4.78 is 6.94. The lowest BCUT2D eigenvalue weighted by Gasteiger charge is -2.02. The molecular formula is C13H12N4O2S. The number of fused-ring (bicyclic) bond motifs is 1. The molecule has 102 valence electrons. The smallest absolute Gasteiger partial charge is 0.250 e. The number of hydrogen-bond acceptors (Lipinski definition) is 5. The maximum atomic E-state index is 11.0. The second-order valence-corrected chi connectivity index (χ2v) is 5.00. The molecule has 7 heteroatoms. The topological polar surface area (TPSA) is 68.5 Å². The van der Waals surface area contributed by atoms with Crippen LogP contribution in [0.4, 0.5) is 5.95 Å². The summed E-state index contributed by atoms with van der Waals surface area (Å²) in [4.78, 5) is 16.0. The van der Waals surface area contributed by atoms with Gasteiger partial charge in [0.15, 0.2) is 0 Å². The molecule has 0 atom stereocenters. The highest BCUT2D eigenvalue weighted by molar-refractivity contribution is 7.15. The molecule has 0 aliphatic rings. The quantitative estimate of drug-likeness (QED) is 0.803. The second kappa shape index (κ2) is 4.93. The molecule has 3 rings (SSSR count). The van der Waals surface area contributed by atoms with E-state index in [1.807, 2.05) is 29.6 Å². The summed E-state index contributed by atoms with van der Waals surface area (Å²) in [6.07, 6.45) is 0. The van der Waals surface area contributed by atoms with Crippen LogP contribution in [0, 0.1) is 0 Å². The second-order valence-electron chi connectivity index (χ2n) is 4.16. The number of ether oxygens (including phenoxy) is 1. The molecule has 0 saturated heterocycles. The number of benzene rings is 1. The first kappa shape index (κ1) is 12.6. The molecule has 2 heterocycles. The highest BCUT2D eigenvalue weighted by Crippen LogP contribution is 2.28. The van der Waals surface area contributed by atoms with Gasteiger partial charge in [0.1, 0.15) is 5.75 Å². The van der Waals surface area contributed by atoms with E-state index in [2.05, 4.69) is 15.4 Å². The van der Waals surface area contributed by atoms with Gasteiger partial charge in [-0.05, 0) is 12.1 Å². The molecule has 0 saturated carbocycles. The third-order valence-corrected chi connectivity index (χ3v) is 3.55. The lowest BCUT2D eigenvalue weighted by Crippen LogP contribution is -2.07. The molecular weight excluding hydrogens is 276 g/mol.